The Balaban J connectivity index is 1.48. The number of anilines is 1. The van der Waals surface area contributed by atoms with Gasteiger partial charge in [0.1, 0.15) is 0 Å². The number of carbonyl (C=O) groups excluding carboxylic acids is 2. The standard InChI is InChI=1S/C22H27BrN4O3/c1-14-16(23)5-3-6-17(14)24-21(28)18-13-20-19(7-4-10-27(20)25-18)26-11-8-15(9-12-26)22(29)30-2/h3,5-6,13,15,19H,4,7-12H2,1-2H3,(H,24,28)/t19-/m1/s1. The summed E-state index contributed by atoms with van der Waals surface area (Å²) in [5, 5.41) is 7.58. The van der Waals surface area contributed by atoms with Gasteiger partial charge in [0.2, 0.25) is 0 Å². The molecule has 1 fully saturated rings. The first-order valence-corrected chi connectivity index (χ1v) is 11.2. The molecular weight excluding hydrogens is 448 g/mol. The zero-order valence-electron chi connectivity index (χ0n) is 17.4. The number of piperidine rings is 1. The lowest BCUT2D eigenvalue weighted by atomic mass is 9.93. The van der Waals surface area contributed by atoms with E-state index in [0.29, 0.717) is 5.69 Å². The molecule has 160 valence electrons. The SMILES string of the molecule is COC(=O)C1CCN([C@@H]2CCCn3nc(C(=O)Nc4cccc(Br)c4C)cc32)CC1. The highest BCUT2D eigenvalue weighted by Gasteiger charge is 2.33. The number of hydrogen-bond donors (Lipinski definition) is 1. The minimum Gasteiger partial charge on any atom is -0.469 e. The smallest absolute Gasteiger partial charge is 0.308 e. The third-order valence-electron chi connectivity index (χ3n) is 6.25. The molecule has 0 unspecified atom stereocenters. The molecule has 0 radical (unpaired) electrons. The van der Waals surface area contributed by atoms with Crippen molar-refractivity contribution in [3.63, 3.8) is 0 Å². The number of aryl methyl sites for hydroxylation is 1. The van der Waals surface area contributed by atoms with Crippen molar-refractivity contribution < 1.29 is 14.3 Å². The molecule has 7 nitrogen and oxygen atoms in total. The Kier molecular flexibility index (Phi) is 6.24. The Morgan fingerprint density at radius 1 is 1.20 bits per heavy atom. The minimum atomic E-state index is -0.193. The van der Waals surface area contributed by atoms with Crippen LogP contribution in [0, 0.1) is 12.8 Å². The number of nitrogens with one attached hydrogen (secondary N) is 1. The summed E-state index contributed by atoms with van der Waals surface area (Å²) in [4.78, 5) is 27.1. The molecule has 0 bridgehead atoms. The van der Waals surface area contributed by atoms with Crippen LogP contribution in [-0.4, -0.2) is 46.8 Å². The van der Waals surface area contributed by atoms with E-state index in [1.165, 1.54) is 7.11 Å². The average Bonchev–Trinajstić information content (AvgIpc) is 3.21. The molecule has 4 rings (SSSR count). The summed E-state index contributed by atoms with van der Waals surface area (Å²) in [6, 6.07) is 7.91. The topological polar surface area (TPSA) is 76.5 Å². The van der Waals surface area contributed by atoms with E-state index < -0.39 is 0 Å². The molecule has 2 aliphatic rings. The highest BCUT2D eigenvalue weighted by molar-refractivity contribution is 9.10. The predicted octanol–water partition coefficient (Wildman–Crippen LogP) is 3.93. The van der Waals surface area contributed by atoms with Crippen molar-refractivity contribution in [1.29, 1.82) is 0 Å². The molecule has 1 amide bonds. The van der Waals surface area contributed by atoms with E-state index in [0.717, 1.165) is 66.7 Å². The Morgan fingerprint density at radius 2 is 1.97 bits per heavy atom. The predicted molar refractivity (Wildman–Crippen MR) is 117 cm³/mol. The fourth-order valence-electron chi connectivity index (χ4n) is 4.48. The molecule has 0 aliphatic carbocycles. The summed E-state index contributed by atoms with van der Waals surface area (Å²) < 4.78 is 7.84. The number of nitrogens with zero attached hydrogens (tertiary/aromatic N) is 3. The molecule has 0 saturated carbocycles. The maximum absolute atomic E-state index is 12.9. The Hall–Kier alpha value is -2.19. The summed E-state index contributed by atoms with van der Waals surface area (Å²) >= 11 is 3.50. The molecule has 1 saturated heterocycles. The molecule has 1 aromatic heterocycles. The number of esters is 1. The second-order valence-electron chi connectivity index (χ2n) is 8.04. The number of halogens is 1. The van der Waals surface area contributed by atoms with E-state index in [2.05, 4.69) is 31.2 Å². The van der Waals surface area contributed by atoms with Crippen molar-refractivity contribution in [3.05, 3.63) is 45.7 Å². The molecule has 0 spiro atoms. The monoisotopic (exact) mass is 474 g/mol. The van der Waals surface area contributed by atoms with Gasteiger partial charge in [-0.05, 0) is 69.5 Å². The molecule has 1 N–H and O–H groups in total. The van der Waals surface area contributed by atoms with Crippen molar-refractivity contribution in [2.75, 3.05) is 25.5 Å². The van der Waals surface area contributed by atoms with E-state index in [1.807, 2.05) is 35.9 Å². The number of likely N-dealkylation sites (tertiary alicyclic amines) is 1. The van der Waals surface area contributed by atoms with Crippen molar-refractivity contribution in [2.45, 2.75) is 45.2 Å². The first-order valence-electron chi connectivity index (χ1n) is 10.4. The van der Waals surface area contributed by atoms with Crippen molar-refractivity contribution in [2.24, 2.45) is 5.92 Å². The lowest BCUT2D eigenvalue weighted by Crippen LogP contribution is -2.40. The third kappa shape index (κ3) is 4.16. The second kappa shape index (κ2) is 8.89. The van der Waals surface area contributed by atoms with Gasteiger partial charge < -0.3 is 10.1 Å². The van der Waals surface area contributed by atoms with E-state index in [4.69, 9.17) is 4.74 Å². The summed E-state index contributed by atoms with van der Waals surface area (Å²) in [6.45, 7) is 4.50. The highest BCUT2D eigenvalue weighted by Crippen LogP contribution is 2.34. The number of aromatic nitrogens is 2. The molecule has 8 heteroatoms. The van der Waals surface area contributed by atoms with Gasteiger partial charge in [-0.1, -0.05) is 22.0 Å². The quantitative estimate of drug-likeness (QED) is 0.679. The number of ether oxygens (including phenoxy) is 1. The van der Waals surface area contributed by atoms with E-state index >= 15 is 0 Å². The van der Waals surface area contributed by atoms with Crippen LogP contribution in [0.2, 0.25) is 0 Å². The number of carbonyl (C=O) groups is 2. The van der Waals surface area contributed by atoms with Crippen LogP contribution in [0.25, 0.3) is 0 Å². The summed E-state index contributed by atoms with van der Waals surface area (Å²) in [6.07, 6.45) is 3.70. The van der Waals surface area contributed by atoms with Crippen molar-refractivity contribution in [3.8, 4) is 0 Å². The van der Waals surface area contributed by atoms with Gasteiger partial charge in [0.25, 0.3) is 5.91 Å². The van der Waals surface area contributed by atoms with Gasteiger partial charge in [-0.3, -0.25) is 19.2 Å². The van der Waals surface area contributed by atoms with Crippen LogP contribution in [-0.2, 0) is 16.1 Å². The molecule has 30 heavy (non-hydrogen) atoms. The van der Waals surface area contributed by atoms with Crippen LogP contribution in [0.15, 0.2) is 28.7 Å². The average molecular weight is 475 g/mol. The molecule has 2 aromatic rings. The molecular formula is C22H27BrN4O3. The van der Waals surface area contributed by atoms with Crippen LogP contribution in [0.3, 0.4) is 0 Å². The number of benzene rings is 1. The van der Waals surface area contributed by atoms with Gasteiger partial charge in [-0.25, -0.2) is 0 Å². The van der Waals surface area contributed by atoms with Crippen molar-refractivity contribution in [1.82, 2.24) is 14.7 Å². The fourth-order valence-corrected chi connectivity index (χ4v) is 4.85. The molecule has 2 aliphatic heterocycles. The first kappa shape index (κ1) is 21.1. The number of fused-ring (bicyclic) bond motifs is 1. The van der Waals surface area contributed by atoms with E-state index in [9.17, 15) is 9.59 Å². The van der Waals surface area contributed by atoms with Gasteiger partial charge in [0.15, 0.2) is 5.69 Å². The zero-order valence-corrected chi connectivity index (χ0v) is 18.9. The van der Waals surface area contributed by atoms with Gasteiger partial charge in [0, 0.05) is 16.7 Å². The number of amides is 1. The highest BCUT2D eigenvalue weighted by atomic mass is 79.9. The minimum absolute atomic E-state index is 0.00507. The molecule has 1 atom stereocenters. The van der Waals surface area contributed by atoms with Crippen LogP contribution in [0.4, 0.5) is 5.69 Å². The van der Waals surface area contributed by atoms with Crippen LogP contribution < -0.4 is 5.32 Å². The van der Waals surface area contributed by atoms with Gasteiger partial charge in [-0.2, -0.15) is 5.10 Å². The van der Waals surface area contributed by atoms with Gasteiger partial charge in [0.05, 0.1) is 24.8 Å². The van der Waals surface area contributed by atoms with Crippen molar-refractivity contribution >= 4 is 33.5 Å². The van der Waals surface area contributed by atoms with E-state index in [1.54, 1.807) is 0 Å². The molecule has 3 heterocycles. The lowest BCUT2D eigenvalue weighted by Gasteiger charge is -2.38. The number of hydrogen-bond acceptors (Lipinski definition) is 5. The first-order chi connectivity index (χ1) is 14.5. The number of rotatable bonds is 4. The van der Waals surface area contributed by atoms with Gasteiger partial charge in [-0.15, -0.1) is 0 Å². The molecule has 1 aromatic carbocycles. The number of methoxy groups -OCH3 is 1. The van der Waals surface area contributed by atoms with Crippen LogP contribution in [0.1, 0.15) is 53.5 Å². The maximum atomic E-state index is 12.9. The summed E-state index contributed by atoms with van der Waals surface area (Å²) in [5.74, 6) is -0.305. The Morgan fingerprint density at radius 3 is 2.70 bits per heavy atom. The van der Waals surface area contributed by atoms with Crippen LogP contribution in [0.5, 0.6) is 0 Å². The Bertz CT molecular complexity index is 950. The van der Waals surface area contributed by atoms with E-state index in [-0.39, 0.29) is 23.8 Å². The summed E-state index contributed by atoms with van der Waals surface area (Å²) in [5.41, 5.74) is 3.30. The fraction of sp³-hybridized carbons (Fsp3) is 0.500. The Labute approximate surface area is 184 Å². The normalized spacial score (nSPS) is 19.9. The summed E-state index contributed by atoms with van der Waals surface area (Å²) in [7, 11) is 1.45. The maximum Gasteiger partial charge on any atom is 0.308 e. The zero-order chi connectivity index (χ0) is 21.3. The van der Waals surface area contributed by atoms with Crippen LogP contribution >= 0.6 is 15.9 Å². The second-order valence-corrected chi connectivity index (χ2v) is 8.89. The van der Waals surface area contributed by atoms with Gasteiger partial charge >= 0.3 is 5.97 Å². The lowest BCUT2D eigenvalue weighted by molar-refractivity contribution is -0.147. The largest absolute Gasteiger partial charge is 0.469 e. The third-order valence-corrected chi connectivity index (χ3v) is 7.11.